The molecule has 0 fully saturated rings. The van der Waals surface area contributed by atoms with Crippen molar-refractivity contribution in [3.63, 3.8) is 0 Å². The summed E-state index contributed by atoms with van der Waals surface area (Å²) in [5.41, 5.74) is 2.42. The molecule has 0 spiro atoms. The fraction of sp³-hybridized carbons (Fsp3) is 0.400. The molecule has 3 aromatic heterocycles. The van der Waals surface area contributed by atoms with Gasteiger partial charge in [0.1, 0.15) is 5.76 Å². The first-order valence-electron chi connectivity index (χ1n) is 7.82. The first-order valence-corrected chi connectivity index (χ1v) is 9.26. The summed E-state index contributed by atoms with van der Waals surface area (Å²) in [7, 11) is -0.0663. The number of oxazole rings is 1. The van der Waals surface area contributed by atoms with Gasteiger partial charge in [-0.1, -0.05) is 0 Å². The Morgan fingerprint density at radius 1 is 1.24 bits per heavy atom. The monoisotopic (exact) mass is 362 g/mol. The Morgan fingerprint density at radius 2 is 2.04 bits per heavy atom. The average Bonchev–Trinajstić information content (AvgIpc) is 3.27. The van der Waals surface area contributed by atoms with Gasteiger partial charge in [-0.3, -0.25) is 4.68 Å². The molecule has 9 nitrogen and oxygen atoms in total. The standard InChI is InChI=1S/C15H18N6O3S/c1-10-6-16-15(24-10)14-11-7-21(5-4-12(11)20(3)18-14)25(22,23)13-8-19(2)9-17-13/h6,8-9H,4-5,7H2,1-3H3. The van der Waals surface area contributed by atoms with E-state index in [9.17, 15) is 8.42 Å². The summed E-state index contributed by atoms with van der Waals surface area (Å²) < 4.78 is 36.1. The van der Waals surface area contributed by atoms with Crippen molar-refractivity contribution in [2.75, 3.05) is 6.54 Å². The first-order chi connectivity index (χ1) is 11.9. The van der Waals surface area contributed by atoms with Crippen LogP contribution in [0.15, 0.2) is 28.2 Å². The number of fused-ring (bicyclic) bond motifs is 1. The molecule has 0 N–H and O–H groups in total. The zero-order valence-electron chi connectivity index (χ0n) is 14.2. The van der Waals surface area contributed by atoms with E-state index in [2.05, 4.69) is 15.1 Å². The van der Waals surface area contributed by atoms with E-state index in [1.165, 1.54) is 16.8 Å². The molecule has 1 aliphatic heterocycles. The molecule has 4 rings (SSSR count). The molecule has 0 aromatic carbocycles. The van der Waals surface area contributed by atoms with Gasteiger partial charge in [0.05, 0.1) is 12.5 Å². The summed E-state index contributed by atoms with van der Waals surface area (Å²) in [6.07, 6.45) is 5.19. The van der Waals surface area contributed by atoms with Crippen LogP contribution in [0.25, 0.3) is 11.6 Å². The van der Waals surface area contributed by atoms with Gasteiger partial charge in [-0.25, -0.2) is 18.4 Å². The Hall–Kier alpha value is -2.46. The van der Waals surface area contributed by atoms with E-state index >= 15 is 0 Å². The average molecular weight is 362 g/mol. The second-order valence-electron chi connectivity index (χ2n) is 6.14. The number of hydrogen-bond acceptors (Lipinski definition) is 6. The summed E-state index contributed by atoms with van der Waals surface area (Å²) in [6, 6.07) is 0. The lowest BCUT2D eigenvalue weighted by molar-refractivity contribution is 0.384. The van der Waals surface area contributed by atoms with Crippen molar-refractivity contribution in [1.29, 1.82) is 0 Å². The maximum absolute atomic E-state index is 12.9. The number of aryl methyl sites for hydroxylation is 3. The second kappa shape index (κ2) is 5.53. The van der Waals surface area contributed by atoms with Crippen LogP contribution in [0.2, 0.25) is 0 Å². The largest absolute Gasteiger partial charge is 0.440 e. The summed E-state index contributed by atoms with van der Waals surface area (Å²) in [6.45, 7) is 2.41. The van der Waals surface area contributed by atoms with Gasteiger partial charge in [-0.05, 0) is 6.92 Å². The Balaban J connectivity index is 1.74. The predicted octanol–water partition coefficient (Wildman–Crippen LogP) is 0.864. The number of imidazole rings is 1. The van der Waals surface area contributed by atoms with Gasteiger partial charge in [0.2, 0.25) is 5.89 Å². The molecular weight excluding hydrogens is 344 g/mol. The highest BCUT2D eigenvalue weighted by atomic mass is 32.2. The van der Waals surface area contributed by atoms with E-state index in [-0.39, 0.29) is 11.6 Å². The van der Waals surface area contributed by atoms with Crippen LogP contribution in [0.1, 0.15) is 17.0 Å². The Labute approximate surface area is 145 Å². The van der Waals surface area contributed by atoms with Gasteiger partial charge in [-0.15, -0.1) is 0 Å². The van der Waals surface area contributed by atoms with Gasteiger partial charge < -0.3 is 8.98 Å². The number of hydrogen-bond donors (Lipinski definition) is 0. The number of sulfonamides is 1. The molecule has 132 valence electrons. The third-order valence-electron chi connectivity index (χ3n) is 4.32. The van der Waals surface area contributed by atoms with E-state index in [0.29, 0.717) is 30.3 Å². The zero-order chi connectivity index (χ0) is 17.8. The molecule has 0 saturated heterocycles. The Bertz CT molecular complexity index is 1050. The molecule has 0 radical (unpaired) electrons. The second-order valence-corrected chi connectivity index (χ2v) is 8.02. The molecule has 0 atom stereocenters. The van der Waals surface area contributed by atoms with E-state index < -0.39 is 10.0 Å². The van der Waals surface area contributed by atoms with Gasteiger partial charge in [0.15, 0.2) is 10.7 Å². The van der Waals surface area contributed by atoms with E-state index in [0.717, 1.165) is 11.3 Å². The van der Waals surface area contributed by atoms with Gasteiger partial charge in [0, 0.05) is 51.1 Å². The van der Waals surface area contributed by atoms with Crippen LogP contribution in [0.5, 0.6) is 0 Å². The lowest BCUT2D eigenvalue weighted by Crippen LogP contribution is -2.36. The van der Waals surface area contributed by atoms with E-state index in [4.69, 9.17) is 4.42 Å². The number of aromatic nitrogens is 5. The number of rotatable bonds is 3. The van der Waals surface area contributed by atoms with Crippen LogP contribution in [-0.4, -0.2) is 43.6 Å². The summed E-state index contributed by atoms with van der Waals surface area (Å²) >= 11 is 0. The van der Waals surface area contributed by atoms with Crippen LogP contribution in [0.4, 0.5) is 0 Å². The zero-order valence-corrected chi connectivity index (χ0v) is 15.0. The van der Waals surface area contributed by atoms with Crippen molar-refractivity contribution in [2.45, 2.75) is 24.9 Å². The molecule has 0 saturated carbocycles. The van der Waals surface area contributed by atoms with Crippen LogP contribution >= 0.6 is 0 Å². The van der Waals surface area contributed by atoms with Gasteiger partial charge in [-0.2, -0.15) is 9.40 Å². The Kier molecular flexibility index (Phi) is 3.55. The lowest BCUT2D eigenvalue weighted by Gasteiger charge is -2.25. The predicted molar refractivity (Wildman–Crippen MR) is 87.9 cm³/mol. The van der Waals surface area contributed by atoms with Crippen molar-refractivity contribution >= 4 is 10.0 Å². The first kappa shape index (κ1) is 16.0. The molecule has 4 heterocycles. The fourth-order valence-electron chi connectivity index (χ4n) is 3.06. The smallest absolute Gasteiger partial charge is 0.262 e. The third-order valence-corrected chi connectivity index (χ3v) is 6.05. The maximum atomic E-state index is 12.9. The van der Waals surface area contributed by atoms with Crippen LogP contribution in [0, 0.1) is 6.92 Å². The minimum Gasteiger partial charge on any atom is -0.440 e. The summed E-state index contributed by atoms with van der Waals surface area (Å²) in [4.78, 5) is 8.22. The minimum atomic E-state index is -3.66. The highest BCUT2D eigenvalue weighted by molar-refractivity contribution is 7.89. The quantitative estimate of drug-likeness (QED) is 0.685. The highest BCUT2D eigenvalue weighted by Crippen LogP contribution is 2.31. The van der Waals surface area contributed by atoms with Crippen LogP contribution in [0.3, 0.4) is 0 Å². The molecule has 0 amide bonds. The molecule has 10 heteroatoms. The molecule has 0 aliphatic carbocycles. The SMILES string of the molecule is Cc1cnc(-c2nn(C)c3c2CN(S(=O)(=O)c2cn(C)cn2)CC3)o1. The molecule has 0 unspecified atom stereocenters. The Morgan fingerprint density at radius 3 is 2.68 bits per heavy atom. The van der Waals surface area contributed by atoms with Crippen molar-refractivity contribution < 1.29 is 12.8 Å². The highest BCUT2D eigenvalue weighted by Gasteiger charge is 2.34. The number of nitrogens with zero attached hydrogens (tertiary/aromatic N) is 6. The van der Waals surface area contributed by atoms with Crippen molar-refractivity contribution in [2.24, 2.45) is 14.1 Å². The van der Waals surface area contributed by atoms with Crippen LogP contribution < -0.4 is 0 Å². The van der Waals surface area contributed by atoms with Crippen LogP contribution in [-0.2, 0) is 37.1 Å². The molecule has 25 heavy (non-hydrogen) atoms. The lowest BCUT2D eigenvalue weighted by atomic mass is 10.1. The summed E-state index contributed by atoms with van der Waals surface area (Å²) in [5, 5.41) is 4.54. The minimum absolute atomic E-state index is 0.0517. The van der Waals surface area contributed by atoms with Crippen molar-refractivity contribution in [3.05, 3.63) is 35.7 Å². The molecule has 1 aliphatic rings. The topological polar surface area (TPSA) is 99.1 Å². The van der Waals surface area contributed by atoms with Gasteiger partial charge in [0.25, 0.3) is 10.0 Å². The molecular formula is C15H18N6O3S. The fourth-order valence-corrected chi connectivity index (χ4v) is 4.44. The van der Waals surface area contributed by atoms with Crippen molar-refractivity contribution in [3.8, 4) is 11.6 Å². The normalized spacial score (nSPS) is 15.5. The maximum Gasteiger partial charge on any atom is 0.262 e. The van der Waals surface area contributed by atoms with E-state index in [1.54, 1.807) is 22.5 Å². The molecule has 0 bridgehead atoms. The summed E-state index contributed by atoms with van der Waals surface area (Å²) in [5.74, 6) is 1.09. The van der Waals surface area contributed by atoms with Crippen molar-refractivity contribution in [1.82, 2.24) is 28.6 Å². The van der Waals surface area contributed by atoms with E-state index in [1.807, 2.05) is 14.0 Å². The third kappa shape index (κ3) is 2.57. The molecule has 3 aromatic rings. The van der Waals surface area contributed by atoms with Gasteiger partial charge >= 0.3 is 0 Å².